The number of fused-ring (bicyclic) bond motifs is 1. The smallest absolute Gasteiger partial charge is 0.293 e. The molecule has 0 saturated heterocycles. The Morgan fingerprint density at radius 3 is 2.56 bits per heavy atom. The van der Waals surface area contributed by atoms with Crippen molar-refractivity contribution >= 4 is 17.2 Å². The summed E-state index contributed by atoms with van der Waals surface area (Å²) in [6.07, 6.45) is 0. The standard InChI is InChI=1S/C18H18N2O5/c1-11(13-4-6-17-18(10-13)25-8-7-24-17)19-15-5-3-14(12(2)21)9-16(15)20(22)23/h3-6,9-11,19H,7-8H2,1-2H3/t11-/m1/s1. The third-order valence-corrected chi connectivity index (χ3v) is 4.04. The molecule has 1 N–H and O–H groups in total. The summed E-state index contributed by atoms with van der Waals surface area (Å²) in [6.45, 7) is 4.29. The molecule has 130 valence electrons. The van der Waals surface area contributed by atoms with Gasteiger partial charge in [-0.05, 0) is 43.7 Å². The third-order valence-electron chi connectivity index (χ3n) is 4.04. The first-order valence-electron chi connectivity index (χ1n) is 7.91. The topological polar surface area (TPSA) is 90.7 Å². The maximum atomic E-state index is 11.4. The Morgan fingerprint density at radius 2 is 1.88 bits per heavy atom. The highest BCUT2D eigenvalue weighted by Gasteiger charge is 2.19. The number of ether oxygens (including phenoxy) is 2. The van der Waals surface area contributed by atoms with Gasteiger partial charge < -0.3 is 14.8 Å². The molecule has 25 heavy (non-hydrogen) atoms. The van der Waals surface area contributed by atoms with Gasteiger partial charge in [0.25, 0.3) is 5.69 Å². The van der Waals surface area contributed by atoms with Crippen LogP contribution in [0.4, 0.5) is 11.4 Å². The van der Waals surface area contributed by atoms with Crippen LogP contribution in [0.15, 0.2) is 36.4 Å². The number of rotatable bonds is 5. The minimum Gasteiger partial charge on any atom is -0.486 e. The Bertz CT molecular complexity index is 834. The van der Waals surface area contributed by atoms with Crippen LogP contribution in [0.1, 0.15) is 35.8 Å². The van der Waals surface area contributed by atoms with E-state index in [1.807, 2.05) is 25.1 Å². The molecule has 1 aliphatic rings. The molecule has 0 radical (unpaired) electrons. The summed E-state index contributed by atoms with van der Waals surface area (Å²) >= 11 is 0. The van der Waals surface area contributed by atoms with Crippen molar-refractivity contribution in [2.45, 2.75) is 19.9 Å². The highest BCUT2D eigenvalue weighted by atomic mass is 16.6. The van der Waals surface area contributed by atoms with E-state index in [0.29, 0.717) is 36.0 Å². The predicted octanol–water partition coefficient (Wildman–Crippen LogP) is 3.74. The normalized spacial score (nSPS) is 13.8. The Kier molecular flexibility index (Phi) is 4.56. The first kappa shape index (κ1) is 16.8. The lowest BCUT2D eigenvalue weighted by atomic mass is 10.1. The highest BCUT2D eigenvalue weighted by Crippen LogP contribution is 2.35. The summed E-state index contributed by atoms with van der Waals surface area (Å²) in [5.41, 5.74) is 1.45. The molecule has 3 rings (SSSR count). The molecule has 0 saturated carbocycles. The molecule has 7 heteroatoms. The average Bonchev–Trinajstić information content (AvgIpc) is 2.61. The van der Waals surface area contributed by atoms with Crippen LogP contribution >= 0.6 is 0 Å². The highest BCUT2D eigenvalue weighted by molar-refractivity contribution is 5.95. The molecule has 7 nitrogen and oxygen atoms in total. The zero-order valence-corrected chi connectivity index (χ0v) is 13.9. The molecular weight excluding hydrogens is 324 g/mol. The number of hydrogen-bond donors (Lipinski definition) is 1. The van der Waals surface area contributed by atoms with Crippen molar-refractivity contribution in [3.8, 4) is 11.5 Å². The summed E-state index contributed by atoms with van der Waals surface area (Å²) < 4.78 is 11.1. The number of carbonyl (C=O) groups excluding carboxylic acids is 1. The minimum atomic E-state index is -0.495. The Hall–Kier alpha value is -3.09. The molecule has 0 aliphatic carbocycles. The van der Waals surface area contributed by atoms with E-state index in [2.05, 4.69) is 5.32 Å². The van der Waals surface area contributed by atoms with Gasteiger partial charge in [-0.25, -0.2) is 0 Å². The van der Waals surface area contributed by atoms with E-state index in [0.717, 1.165) is 5.56 Å². The van der Waals surface area contributed by atoms with Crippen molar-refractivity contribution in [2.75, 3.05) is 18.5 Å². The van der Waals surface area contributed by atoms with Crippen LogP contribution in [0, 0.1) is 10.1 Å². The molecule has 0 amide bonds. The second-order valence-corrected chi connectivity index (χ2v) is 5.81. The van der Waals surface area contributed by atoms with Crippen LogP contribution in [0.25, 0.3) is 0 Å². The van der Waals surface area contributed by atoms with E-state index in [4.69, 9.17) is 9.47 Å². The number of nitrogens with zero attached hydrogens (tertiary/aromatic N) is 1. The van der Waals surface area contributed by atoms with Gasteiger partial charge in [-0.2, -0.15) is 0 Å². The Balaban J connectivity index is 1.86. The Morgan fingerprint density at radius 1 is 1.16 bits per heavy atom. The largest absolute Gasteiger partial charge is 0.486 e. The van der Waals surface area contributed by atoms with Gasteiger partial charge in [0.15, 0.2) is 17.3 Å². The lowest BCUT2D eigenvalue weighted by Crippen LogP contribution is -2.16. The molecule has 2 aromatic carbocycles. The van der Waals surface area contributed by atoms with Crippen LogP contribution in [0.3, 0.4) is 0 Å². The Labute approximate surface area is 144 Å². The minimum absolute atomic E-state index is 0.128. The number of anilines is 1. The van der Waals surface area contributed by atoms with Crippen molar-refractivity contribution < 1.29 is 19.2 Å². The van der Waals surface area contributed by atoms with Gasteiger partial charge in [0, 0.05) is 17.7 Å². The van der Waals surface area contributed by atoms with Gasteiger partial charge in [0.05, 0.1) is 4.92 Å². The first-order chi connectivity index (χ1) is 12.0. The van der Waals surface area contributed by atoms with Crippen LogP contribution in [-0.4, -0.2) is 23.9 Å². The van der Waals surface area contributed by atoms with E-state index in [-0.39, 0.29) is 17.5 Å². The number of carbonyl (C=O) groups is 1. The van der Waals surface area contributed by atoms with Crippen molar-refractivity contribution in [3.05, 3.63) is 57.6 Å². The van der Waals surface area contributed by atoms with E-state index in [1.165, 1.54) is 13.0 Å². The second kappa shape index (κ2) is 6.80. The summed E-state index contributed by atoms with van der Waals surface area (Å²) in [5, 5.41) is 14.5. The zero-order chi connectivity index (χ0) is 18.0. The molecule has 2 aromatic rings. The van der Waals surface area contributed by atoms with Crippen molar-refractivity contribution in [1.82, 2.24) is 0 Å². The number of nitro groups is 1. The van der Waals surface area contributed by atoms with Gasteiger partial charge in [0.2, 0.25) is 0 Å². The summed E-state index contributed by atoms with van der Waals surface area (Å²) in [5.74, 6) is 1.15. The summed E-state index contributed by atoms with van der Waals surface area (Å²) in [6, 6.07) is 9.81. The summed E-state index contributed by atoms with van der Waals surface area (Å²) in [4.78, 5) is 22.3. The van der Waals surface area contributed by atoms with Crippen LogP contribution < -0.4 is 14.8 Å². The van der Waals surface area contributed by atoms with E-state index in [1.54, 1.807) is 12.1 Å². The fourth-order valence-corrected chi connectivity index (χ4v) is 2.67. The maximum absolute atomic E-state index is 11.4. The number of nitro benzene ring substituents is 1. The quantitative estimate of drug-likeness (QED) is 0.506. The number of ketones is 1. The molecule has 0 aromatic heterocycles. The van der Waals surface area contributed by atoms with Gasteiger partial charge >= 0.3 is 0 Å². The number of nitrogens with one attached hydrogen (secondary N) is 1. The summed E-state index contributed by atoms with van der Waals surface area (Å²) in [7, 11) is 0. The molecule has 1 heterocycles. The number of hydrogen-bond acceptors (Lipinski definition) is 6. The fraction of sp³-hybridized carbons (Fsp3) is 0.278. The SMILES string of the molecule is CC(=O)c1ccc(N[C@H](C)c2ccc3c(c2)OCCO3)c([N+](=O)[O-])c1. The van der Waals surface area contributed by atoms with E-state index >= 15 is 0 Å². The zero-order valence-electron chi connectivity index (χ0n) is 13.9. The molecule has 0 spiro atoms. The second-order valence-electron chi connectivity index (χ2n) is 5.81. The predicted molar refractivity (Wildman–Crippen MR) is 92.6 cm³/mol. The lowest BCUT2D eigenvalue weighted by molar-refractivity contribution is -0.384. The van der Waals surface area contributed by atoms with Gasteiger partial charge in [0.1, 0.15) is 18.9 Å². The first-order valence-corrected chi connectivity index (χ1v) is 7.91. The van der Waals surface area contributed by atoms with Crippen LogP contribution in [-0.2, 0) is 0 Å². The van der Waals surface area contributed by atoms with Gasteiger partial charge in [-0.3, -0.25) is 14.9 Å². The maximum Gasteiger partial charge on any atom is 0.293 e. The van der Waals surface area contributed by atoms with Crippen molar-refractivity contribution in [3.63, 3.8) is 0 Å². The van der Waals surface area contributed by atoms with Crippen LogP contribution in [0.2, 0.25) is 0 Å². The third kappa shape index (κ3) is 3.55. The number of benzene rings is 2. The monoisotopic (exact) mass is 342 g/mol. The van der Waals surface area contributed by atoms with E-state index < -0.39 is 4.92 Å². The van der Waals surface area contributed by atoms with Crippen LogP contribution in [0.5, 0.6) is 11.5 Å². The molecule has 0 bridgehead atoms. The molecular formula is C18H18N2O5. The fourth-order valence-electron chi connectivity index (χ4n) is 2.67. The average molecular weight is 342 g/mol. The molecule has 0 unspecified atom stereocenters. The van der Waals surface area contributed by atoms with Gasteiger partial charge in [-0.15, -0.1) is 0 Å². The molecule has 1 atom stereocenters. The van der Waals surface area contributed by atoms with Crippen molar-refractivity contribution in [2.24, 2.45) is 0 Å². The molecule has 0 fully saturated rings. The lowest BCUT2D eigenvalue weighted by Gasteiger charge is -2.21. The number of Topliss-reactive ketones (excluding diaryl/α,β-unsaturated/α-hetero) is 1. The van der Waals surface area contributed by atoms with E-state index in [9.17, 15) is 14.9 Å². The van der Waals surface area contributed by atoms with Crippen molar-refractivity contribution in [1.29, 1.82) is 0 Å². The molecule has 1 aliphatic heterocycles. The van der Waals surface area contributed by atoms with Gasteiger partial charge in [-0.1, -0.05) is 6.07 Å².